The van der Waals surface area contributed by atoms with E-state index < -0.39 is 0 Å². The van der Waals surface area contributed by atoms with Gasteiger partial charge in [0.25, 0.3) is 5.91 Å². The third-order valence-electron chi connectivity index (χ3n) is 4.67. The Morgan fingerprint density at radius 3 is 2.76 bits per heavy atom. The molecule has 9 heteroatoms. The van der Waals surface area contributed by atoms with Gasteiger partial charge in [-0.1, -0.05) is 12.1 Å². The molecule has 2 aromatic heterocycles. The van der Waals surface area contributed by atoms with E-state index in [0.29, 0.717) is 36.2 Å². The fourth-order valence-corrected chi connectivity index (χ4v) is 3.06. The van der Waals surface area contributed by atoms with E-state index in [4.69, 9.17) is 14.6 Å². The third kappa shape index (κ3) is 5.52. The number of fused-ring (bicyclic) bond motifs is 1. The number of aliphatic hydroxyl groups excluding tert-OH is 1. The summed E-state index contributed by atoms with van der Waals surface area (Å²) in [4.78, 5) is 24.8. The Hall–Kier alpha value is -4.24. The first kappa shape index (κ1) is 22.0. The van der Waals surface area contributed by atoms with Gasteiger partial charge in [0.05, 0.1) is 17.8 Å². The molecule has 4 aromatic rings. The lowest BCUT2D eigenvalue weighted by molar-refractivity contribution is 0.0958. The van der Waals surface area contributed by atoms with Crippen molar-refractivity contribution in [2.45, 2.75) is 6.42 Å². The summed E-state index contributed by atoms with van der Waals surface area (Å²) < 4.78 is 11.6. The zero-order valence-corrected chi connectivity index (χ0v) is 18.0. The monoisotopic (exact) mass is 445 g/mol. The maximum Gasteiger partial charge on any atom is 0.269 e. The van der Waals surface area contributed by atoms with E-state index in [2.05, 4.69) is 25.6 Å². The normalized spacial score (nSPS) is 10.6. The number of aliphatic hydroxyl groups is 1. The summed E-state index contributed by atoms with van der Waals surface area (Å²) >= 11 is 0. The van der Waals surface area contributed by atoms with Gasteiger partial charge in [0.2, 0.25) is 5.95 Å². The van der Waals surface area contributed by atoms with Gasteiger partial charge in [0.1, 0.15) is 22.9 Å². The molecule has 0 spiro atoms. The number of aromatic nitrogens is 3. The van der Waals surface area contributed by atoms with Gasteiger partial charge < -0.3 is 25.2 Å². The van der Waals surface area contributed by atoms with Crippen molar-refractivity contribution in [1.29, 1.82) is 0 Å². The molecule has 0 aliphatic heterocycles. The van der Waals surface area contributed by atoms with Crippen LogP contribution in [0.15, 0.2) is 67.0 Å². The Balaban J connectivity index is 1.50. The zero-order valence-electron chi connectivity index (χ0n) is 18.0. The Morgan fingerprint density at radius 1 is 1.06 bits per heavy atom. The van der Waals surface area contributed by atoms with Crippen LogP contribution in [-0.4, -0.2) is 46.2 Å². The molecule has 3 N–H and O–H groups in total. The molecule has 0 saturated heterocycles. The average Bonchev–Trinajstić information content (AvgIpc) is 2.85. The van der Waals surface area contributed by atoms with Gasteiger partial charge in [-0.2, -0.15) is 0 Å². The number of carbonyl (C=O) groups excluding carboxylic acids is 1. The number of para-hydroxylation sites is 2. The molecule has 0 aliphatic rings. The number of rotatable bonds is 9. The first-order valence-corrected chi connectivity index (χ1v) is 10.4. The molecular formula is C24H23N5O4. The standard InChI is InChI=1S/C24H23N5O4/c1-25-23(31)21-14-18(9-10-26-21)33-17-7-8-19-16(13-17)15-27-24(28-19)29-20-5-2-3-6-22(20)32-12-4-11-30/h2-3,5-10,13-15,30H,4,11-12H2,1H3,(H,25,31)(H,27,28,29). The van der Waals surface area contributed by atoms with E-state index in [-0.39, 0.29) is 18.2 Å². The predicted molar refractivity (Wildman–Crippen MR) is 124 cm³/mol. The van der Waals surface area contributed by atoms with Crippen LogP contribution < -0.4 is 20.1 Å². The van der Waals surface area contributed by atoms with Gasteiger partial charge in [0.15, 0.2) is 0 Å². The van der Waals surface area contributed by atoms with Crippen molar-refractivity contribution in [3.63, 3.8) is 0 Å². The van der Waals surface area contributed by atoms with Gasteiger partial charge >= 0.3 is 0 Å². The molecule has 2 aromatic carbocycles. The van der Waals surface area contributed by atoms with Crippen LogP contribution in [-0.2, 0) is 0 Å². The van der Waals surface area contributed by atoms with E-state index in [9.17, 15) is 4.79 Å². The fourth-order valence-electron chi connectivity index (χ4n) is 3.06. The number of hydrogen-bond donors (Lipinski definition) is 3. The lowest BCUT2D eigenvalue weighted by atomic mass is 10.2. The molecule has 4 rings (SSSR count). The quantitative estimate of drug-likeness (QED) is 0.334. The minimum atomic E-state index is -0.284. The number of hydrogen-bond acceptors (Lipinski definition) is 8. The lowest BCUT2D eigenvalue weighted by Gasteiger charge is -2.12. The number of pyridine rings is 1. The first-order chi connectivity index (χ1) is 16.2. The van der Waals surface area contributed by atoms with Crippen molar-refractivity contribution in [2.75, 3.05) is 25.6 Å². The Bertz CT molecular complexity index is 1260. The fraction of sp³-hybridized carbons (Fsp3) is 0.167. The zero-order chi connectivity index (χ0) is 23.0. The van der Waals surface area contributed by atoms with Crippen LogP contribution in [0.4, 0.5) is 11.6 Å². The number of benzene rings is 2. The summed E-state index contributed by atoms with van der Waals surface area (Å²) in [5, 5.41) is 15.5. The van der Waals surface area contributed by atoms with Crippen molar-refractivity contribution in [3.05, 3.63) is 72.7 Å². The minimum Gasteiger partial charge on any atom is -0.491 e. The van der Waals surface area contributed by atoms with Crippen molar-refractivity contribution < 1.29 is 19.4 Å². The number of anilines is 2. The van der Waals surface area contributed by atoms with Gasteiger partial charge in [-0.3, -0.25) is 9.78 Å². The number of nitrogens with one attached hydrogen (secondary N) is 2. The molecule has 0 unspecified atom stereocenters. The van der Waals surface area contributed by atoms with Gasteiger partial charge in [-0.25, -0.2) is 9.97 Å². The lowest BCUT2D eigenvalue weighted by Crippen LogP contribution is -2.18. The van der Waals surface area contributed by atoms with Crippen LogP contribution in [0.3, 0.4) is 0 Å². The molecule has 1 amide bonds. The van der Waals surface area contributed by atoms with Crippen LogP contribution >= 0.6 is 0 Å². The third-order valence-corrected chi connectivity index (χ3v) is 4.67. The van der Waals surface area contributed by atoms with Crippen molar-refractivity contribution >= 4 is 28.4 Å². The van der Waals surface area contributed by atoms with Crippen molar-refractivity contribution in [2.24, 2.45) is 0 Å². The Labute approximate surface area is 190 Å². The van der Waals surface area contributed by atoms with E-state index in [1.54, 1.807) is 31.4 Å². The highest BCUT2D eigenvalue weighted by Gasteiger charge is 2.09. The molecule has 33 heavy (non-hydrogen) atoms. The second-order valence-electron chi connectivity index (χ2n) is 7.02. The van der Waals surface area contributed by atoms with E-state index in [0.717, 1.165) is 16.6 Å². The Morgan fingerprint density at radius 2 is 1.91 bits per heavy atom. The molecule has 0 atom stereocenters. The van der Waals surface area contributed by atoms with Crippen molar-refractivity contribution in [3.8, 4) is 17.2 Å². The molecule has 0 fully saturated rings. The van der Waals surface area contributed by atoms with Gasteiger partial charge in [0, 0.05) is 43.9 Å². The number of carbonyl (C=O) groups is 1. The van der Waals surface area contributed by atoms with Crippen LogP contribution in [0, 0.1) is 0 Å². The number of amides is 1. The molecule has 0 radical (unpaired) electrons. The highest BCUT2D eigenvalue weighted by atomic mass is 16.5. The number of ether oxygens (including phenoxy) is 2. The summed E-state index contributed by atoms with van der Waals surface area (Å²) in [5.41, 5.74) is 1.74. The first-order valence-electron chi connectivity index (χ1n) is 10.4. The minimum absolute atomic E-state index is 0.0749. The second kappa shape index (κ2) is 10.4. The van der Waals surface area contributed by atoms with Crippen molar-refractivity contribution in [1.82, 2.24) is 20.3 Å². The average molecular weight is 445 g/mol. The Kier molecular flexibility index (Phi) is 6.91. The number of nitrogens with zero attached hydrogens (tertiary/aromatic N) is 3. The summed E-state index contributed by atoms with van der Waals surface area (Å²) in [7, 11) is 1.55. The van der Waals surface area contributed by atoms with Gasteiger partial charge in [-0.15, -0.1) is 0 Å². The maximum atomic E-state index is 11.8. The summed E-state index contributed by atoms with van der Waals surface area (Å²) in [6, 6.07) is 16.2. The van der Waals surface area contributed by atoms with E-state index in [1.165, 1.54) is 6.20 Å². The van der Waals surface area contributed by atoms with Crippen LogP contribution in [0.25, 0.3) is 10.9 Å². The molecule has 0 saturated carbocycles. The van der Waals surface area contributed by atoms with Gasteiger partial charge in [-0.05, 0) is 36.4 Å². The summed E-state index contributed by atoms with van der Waals surface area (Å²) in [5.74, 6) is 1.89. The van der Waals surface area contributed by atoms with Crippen LogP contribution in [0.2, 0.25) is 0 Å². The predicted octanol–water partition coefficient (Wildman–Crippen LogP) is 3.68. The topological polar surface area (TPSA) is 118 Å². The molecule has 9 nitrogen and oxygen atoms in total. The highest BCUT2D eigenvalue weighted by molar-refractivity contribution is 5.92. The summed E-state index contributed by atoms with van der Waals surface area (Å²) in [6.45, 7) is 0.490. The molecule has 2 heterocycles. The highest BCUT2D eigenvalue weighted by Crippen LogP contribution is 2.28. The molecule has 0 aliphatic carbocycles. The second-order valence-corrected chi connectivity index (χ2v) is 7.02. The molecular weight excluding hydrogens is 422 g/mol. The maximum absolute atomic E-state index is 11.8. The molecule has 168 valence electrons. The van der Waals surface area contributed by atoms with Crippen LogP contribution in [0.5, 0.6) is 17.2 Å². The largest absolute Gasteiger partial charge is 0.491 e. The smallest absolute Gasteiger partial charge is 0.269 e. The van der Waals surface area contributed by atoms with E-state index in [1.807, 2.05) is 36.4 Å². The van der Waals surface area contributed by atoms with E-state index >= 15 is 0 Å². The summed E-state index contributed by atoms with van der Waals surface area (Å²) in [6.07, 6.45) is 3.78. The SMILES string of the molecule is CNC(=O)c1cc(Oc2ccc3nc(Nc4ccccc4OCCCO)ncc3c2)ccn1. The molecule has 0 bridgehead atoms. The van der Waals surface area contributed by atoms with Crippen LogP contribution in [0.1, 0.15) is 16.9 Å².